The van der Waals surface area contributed by atoms with Crippen LogP contribution in [-0.2, 0) is 11.3 Å². The molecule has 0 amide bonds. The highest BCUT2D eigenvalue weighted by Gasteiger charge is 2.26. The van der Waals surface area contributed by atoms with E-state index >= 15 is 0 Å². The van der Waals surface area contributed by atoms with Gasteiger partial charge in [0.15, 0.2) is 11.6 Å². The Hall–Kier alpha value is -1.98. The number of imidazole rings is 1. The topological polar surface area (TPSA) is 55.1 Å². The second-order valence-corrected chi connectivity index (χ2v) is 5.15. The maximum Gasteiger partial charge on any atom is 0.305 e. The summed E-state index contributed by atoms with van der Waals surface area (Å²) >= 11 is 0. The number of hydrogen-bond donors (Lipinski definition) is 1. The minimum atomic E-state index is -0.936. The summed E-state index contributed by atoms with van der Waals surface area (Å²) in [6, 6.07) is 2.17. The van der Waals surface area contributed by atoms with Gasteiger partial charge < -0.3 is 9.67 Å². The van der Waals surface area contributed by atoms with Gasteiger partial charge in [0.25, 0.3) is 0 Å². The summed E-state index contributed by atoms with van der Waals surface area (Å²) in [7, 11) is 0. The first-order chi connectivity index (χ1) is 9.56. The van der Waals surface area contributed by atoms with Gasteiger partial charge in [-0.15, -0.1) is 0 Å². The van der Waals surface area contributed by atoms with Crippen molar-refractivity contribution in [2.24, 2.45) is 0 Å². The molecule has 1 aliphatic carbocycles. The average molecular weight is 280 g/mol. The molecule has 0 saturated heterocycles. The fourth-order valence-electron chi connectivity index (χ4n) is 2.56. The molecule has 0 atom stereocenters. The Labute approximate surface area is 114 Å². The van der Waals surface area contributed by atoms with Crippen molar-refractivity contribution in [2.45, 2.75) is 38.1 Å². The van der Waals surface area contributed by atoms with Gasteiger partial charge in [-0.2, -0.15) is 0 Å². The van der Waals surface area contributed by atoms with Crippen LogP contribution in [0.5, 0.6) is 0 Å². The highest BCUT2D eigenvalue weighted by Crippen LogP contribution is 2.37. The molecule has 3 rings (SSSR count). The lowest BCUT2D eigenvalue weighted by Crippen LogP contribution is -2.16. The molecule has 20 heavy (non-hydrogen) atoms. The molecule has 0 unspecified atom stereocenters. The number of nitrogens with zero attached hydrogens (tertiary/aromatic N) is 2. The highest BCUT2D eigenvalue weighted by atomic mass is 19.2. The number of carboxylic acid groups (broad SMARTS) is 1. The first-order valence-electron chi connectivity index (χ1n) is 6.63. The van der Waals surface area contributed by atoms with Crippen LogP contribution >= 0.6 is 0 Å². The van der Waals surface area contributed by atoms with E-state index in [9.17, 15) is 13.6 Å². The number of aryl methyl sites for hydroxylation is 1. The van der Waals surface area contributed by atoms with Gasteiger partial charge in [-0.25, -0.2) is 13.8 Å². The van der Waals surface area contributed by atoms with Crippen LogP contribution in [0, 0.1) is 11.6 Å². The molecule has 1 N–H and O–H groups in total. The maximum absolute atomic E-state index is 13.4. The van der Waals surface area contributed by atoms with Crippen LogP contribution in [0.25, 0.3) is 11.0 Å². The minimum Gasteiger partial charge on any atom is -0.481 e. The Kier molecular flexibility index (Phi) is 3.16. The van der Waals surface area contributed by atoms with E-state index in [0.717, 1.165) is 37.2 Å². The van der Waals surface area contributed by atoms with Crippen molar-refractivity contribution in [1.29, 1.82) is 0 Å². The molecule has 0 spiro atoms. The standard InChI is InChI=1S/C14H14F2N2O2/c15-9-6-11-12(7-10(9)16)18(5-4-13(19)20)14(17-11)8-2-1-3-8/h6-8H,1-5H2,(H,19,20). The second kappa shape index (κ2) is 4.85. The number of benzene rings is 1. The van der Waals surface area contributed by atoms with Crippen LogP contribution < -0.4 is 0 Å². The van der Waals surface area contributed by atoms with E-state index in [-0.39, 0.29) is 18.9 Å². The van der Waals surface area contributed by atoms with Crippen molar-refractivity contribution in [1.82, 2.24) is 9.55 Å². The van der Waals surface area contributed by atoms with Gasteiger partial charge in [0.05, 0.1) is 17.5 Å². The number of fused-ring (bicyclic) bond motifs is 1. The molecule has 4 nitrogen and oxygen atoms in total. The summed E-state index contributed by atoms with van der Waals surface area (Å²) in [6.45, 7) is 0.225. The van der Waals surface area contributed by atoms with Gasteiger partial charge in [-0.3, -0.25) is 4.79 Å². The van der Waals surface area contributed by atoms with Gasteiger partial charge in [0.2, 0.25) is 0 Å². The lowest BCUT2D eigenvalue weighted by molar-refractivity contribution is -0.137. The van der Waals surface area contributed by atoms with E-state index in [4.69, 9.17) is 5.11 Å². The van der Waals surface area contributed by atoms with Crippen LogP contribution in [0.2, 0.25) is 0 Å². The van der Waals surface area contributed by atoms with Crippen LogP contribution in [0.15, 0.2) is 12.1 Å². The fourth-order valence-corrected chi connectivity index (χ4v) is 2.56. The maximum atomic E-state index is 13.4. The van der Waals surface area contributed by atoms with Crippen molar-refractivity contribution in [3.8, 4) is 0 Å². The third kappa shape index (κ3) is 2.15. The van der Waals surface area contributed by atoms with Crippen molar-refractivity contribution in [3.05, 3.63) is 29.6 Å². The van der Waals surface area contributed by atoms with E-state index < -0.39 is 17.6 Å². The largest absolute Gasteiger partial charge is 0.481 e. The molecule has 1 fully saturated rings. The summed E-state index contributed by atoms with van der Waals surface area (Å²) in [5, 5.41) is 8.82. The molecule has 0 bridgehead atoms. The number of rotatable bonds is 4. The van der Waals surface area contributed by atoms with Crippen molar-refractivity contribution < 1.29 is 18.7 Å². The van der Waals surface area contributed by atoms with Crippen molar-refractivity contribution >= 4 is 17.0 Å². The normalized spacial score (nSPS) is 15.5. The van der Waals surface area contributed by atoms with E-state index in [1.54, 1.807) is 4.57 Å². The zero-order chi connectivity index (χ0) is 14.3. The zero-order valence-electron chi connectivity index (χ0n) is 10.8. The Morgan fingerprint density at radius 2 is 2.05 bits per heavy atom. The number of hydrogen-bond acceptors (Lipinski definition) is 2. The fraction of sp³-hybridized carbons (Fsp3) is 0.429. The Balaban J connectivity index is 2.09. The van der Waals surface area contributed by atoms with Gasteiger partial charge in [0, 0.05) is 24.6 Å². The molecule has 6 heteroatoms. The Bertz CT molecular complexity index is 677. The zero-order valence-corrected chi connectivity index (χ0v) is 10.8. The van der Waals surface area contributed by atoms with Crippen LogP contribution in [-0.4, -0.2) is 20.6 Å². The molecule has 1 aliphatic rings. The summed E-state index contributed by atoms with van der Waals surface area (Å²) in [6.07, 6.45) is 3.02. The van der Waals surface area contributed by atoms with Crippen LogP contribution in [0.1, 0.15) is 37.4 Å². The minimum absolute atomic E-state index is 0.0653. The molecule has 1 heterocycles. The first kappa shape index (κ1) is 13.0. The molecular formula is C14H14F2N2O2. The molecule has 1 aromatic heterocycles. The van der Waals surface area contributed by atoms with Gasteiger partial charge in [-0.1, -0.05) is 6.42 Å². The third-order valence-corrected chi connectivity index (χ3v) is 3.84. The predicted molar refractivity (Wildman–Crippen MR) is 68.5 cm³/mol. The number of halogens is 2. The third-order valence-electron chi connectivity index (χ3n) is 3.84. The van der Waals surface area contributed by atoms with E-state index in [1.807, 2.05) is 0 Å². The summed E-state index contributed by atoms with van der Waals surface area (Å²) in [4.78, 5) is 15.1. The number of aliphatic carboxylic acids is 1. The molecule has 0 aliphatic heterocycles. The molecule has 0 radical (unpaired) electrons. The van der Waals surface area contributed by atoms with Gasteiger partial charge >= 0.3 is 5.97 Å². The predicted octanol–water partition coefficient (Wildman–Crippen LogP) is 3.06. The lowest BCUT2D eigenvalue weighted by Gasteiger charge is -2.25. The quantitative estimate of drug-likeness (QED) is 0.936. The Morgan fingerprint density at radius 1 is 1.35 bits per heavy atom. The number of aromatic nitrogens is 2. The first-order valence-corrected chi connectivity index (χ1v) is 6.63. The second-order valence-electron chi connectivity index (χ2n) is 5.15. The molecule has 1 saturated carbocycles. The number of carbonyl (C=O) groups is 1. The lowest BCUT2D eigenvalue weighted by atomic mass is 9.85. The summed E-state index contributed by atoms with van der Waals surface area (Å²) in [5.41, 5.74) is 0.850. The van der Waals surface area contributed by atoms with Crippen molar-refractivity contribution in [2.75, 3.05) is 0 Å². The van der Waals surface area contributed by atoms with Gasteiger partial charge in [-0.05, 0) is 12.8 Å². The van der Waals surface area contributed by atoms with Gasteiger partial charge in [0.1, 0.15) is 5.82 Å². The smallest absolute Gasteiger partial charge is 0.305 e. The van der Waals surface area contributed by atoms with E-state index in [2.05, 4.69) is 4.98 Å². The van der Waals surface area contributed by atoms with Crippen LogP contribution in [0.3, 0.4) is 0 Å². The van der Waals surface area contributed by atoms with E-state index in [0.29, 0.717) is 11.0 Å². The molecular weight excluding hydrogens is 266 g/mol. The summed E-state index contributed by atoms with van der Waals surface area (Å²) < 4.78 is 28.4. The SMILES string of the molecule is O=C(O)CCn1c(C2CCC2)nc2cc(F)c(F)cc21. The Morgan fingerprint density at radius 3 is 2.65 bits per heavy atom. The monoisotopic (exact) mass is 280 g/mol. The van der Waals surface area contributed by atoms with Crippen LogP contribution in [0.4, 0.5) is 8.78 Å². The van der Waals surface area contributed by atoms with E-state index in [1.165, 1.54) is 0 Å². The number of carboxylic acids is 1. The molecule has 106 valence electrons. The highest BCUT2D eigenvalue weighted by molar-refractivity contribution is 5.77. The molecule has 1 aromatic carbocycles. The average Bonchev–Trinajstić information content (AvgIpc) is 2.63. The summed E-state index contributed by atoms with van der Waals surface area (Å²) in [5.74, 6) is -1.77. The van der Waals surface area contributed by atoms with Crippen molar-refractivity contribution in [3.63, 3.8) is 0 Å². The molecule has 2 aromatic rings.